The van der Waals surface area contributed by atoms with Gasteiger partial charge in [0, 0.05) is 38.9 Å². The first-order chi connectivity index (χ1) is 11.0. The number of aromatic nitrogens is 2. The Labute approximate surface area is 167 Å². The van der Waals surface area contributed by atoms with Gasteiger partial charge in [0.1, 0.15) is 5.60 Å². The lowest BCUT2D eigenvalue weighted by atomic mass is 10.1. The first-order valence-electron chi connectivity index (χ1n) is 7.94. The third-order valence-electron chi connectivity index (χ3n) is 2.98. The fourth-order valence-corrected chi connectivity index (χ4v) is 1.90. The van der Waals surface area contributed by atoms with Crippen LogP contribution in [0.25, 0.3) is 0 Å². The fourth-order valence-electron chi connectivity index (χ4n) is 1.90. The molecule has 0 unspecified atom stereocenters. The molecule has 0 saturated carbocycles. The highest BCUT2D eigenvalue weighted by atomic mass is 127. The average Bonchev–Trinajstić information content (AvgIpc) is 2.81. The third kappa shape index (κ3) is 10.1. The number of aliphatic imine (C=N–C) groups is 1. The Balaban J connectivity index is 0.00000576. The molecule has 3 N–H and O–H groups in total. The molecule has 144 valence electrons. The van der Waals surface area contributed by atoms with Crippen molar-refractivity contribution in [2.24, 2.45) is 12.0 Å². The van der Waals surface area contributed by atoms with Gasteiger partial charge in [-0.1, -0.05) is 0 Å². The number of carbonyl (C=O) groups is 1. The smallest absolute Gasteiger partial charge is 0.408 e. The number of alkyl carbamates (subject to hydrolysis) is 1. The zero-order valence-corrected chi connectivity index (χ0v) is 18.5. The van der Waals surface area contributed by atoms with Crippen LogP contribution in [0.4, 0.5) is 4.79 Å². The van der Waals surface area contributed by atoms with E-state index >= 15 is 0 Å². The molecule has 0 saturated heterocycles. The van der Waals surface area contributed by atoms with E-state index in [0.717, 1.165) is 5.56 Å². The van der Waals surface area contributed by atoms with Crippen LogP contribution in [0.3, 0.4) is 0 Å². The number of hydrogen-bond acceptors (Lipinski definition) is 4. The number of halogens is 1. The fraction of sp³-hybridized carbons (Fsp3) is 0.688. The number of rotatable bonds is 5. The Morgan fingerprint density at radius 2 is 1.92 bits per heavy atom. The molecule has 1 aromatic heterocycles. The number of nitrogens with zero attached hydrogens (tertiary/aromatic N) is 3. The molecule has 0 aromatic carbocycles. The normalized spacial score (nSPS) is 12.2. The highest BCUT2D eigenvalue weighted by Crippen LogP contribution is 2.09. The molecule has 0 aliphatic heterocycles. The maximum Gasteiger partial charge on any atom is 0.408 e. The molecule has 25 heavy (non-hydrogen) atoms. The third-order valence-corrected chi connectivity index (χ3v) is 2.98. The minimum atomic E-state index is -0.519. The number of amides is 1. The molecule has 1 rings (SSSR count). The van der Waals surface area contributed by atoms with Gasteiger partial charge in [-0.2, -0.15) is 5.10 Å². The van der Waals surface area contributed by atoms with Crippen molar-refractivity contribution in [2.75, 3.05) is 13.6 Å². The summed E-state index contributed by atoms with van der Waals surface area (Å²) in [4.78, 5) is 16.1. The van der Waals surface area contributed by atoms with Gasteiger partial charge in [0.05, 0.1) is 11.7 Å². The summed E-state index contributed by atoms with van der Waals surface area (Å²) in [5, 5.41) is 13.4. The number of nitrogens with one attached hydrogen (secondary N) is 3. The minimum Gasteiger partial charge on any atom is -0.444 e. The Kier molecular flexibility index (Phi) is 9.23. The van der Waals surface area contributed by atoms with Crippen LogP contribution in [0.2, 0.25) is 0 Å². The molecular formula is C16H31IN6O2. The quantitative estimate of drug-likeness (QED) is 0.351. The summed E-state index contributed by atoms with van der Waals surface area (Å²) < 4.78 is 7.03. The Morgan fingerprint density at radius 1 is 1.28 bits per heavy atom. The van der Waals surface area contributed by atoms with Gasteiger partial charge in [-0.15, -0.1) is 24.0 Å². The summed E-state index contributed by atoms with van der Waals surface area (Å²) in [7, 11) is 3.58. The monoisotopic (exact) mass is 466 g/mol. The SMILES string of the molecule is CN=C(NCc1cnn(C)c1)NCC(C)(C)NC(=O)OC(C)(C)C.I. The highest BCUT2D eigenvalue weighted by Gasteiger charge is 2.24. The van der Waals surface area contributed by atoms with Gasteiger partial charge < -0.3 is 20.7 Å². The van der Waals surface area contributed by atoms with Crippen LogP contribution in [0.5, 0.6) is 0 Å². The molecule has 0 radical (unpaired) electrons. The number of carbonyl (C=O) groups excluding carboxylic acids is 1. The van der Waals surface area contributed by atoms with E-state index in [0.29, 0.717) is 19.0 Å². The number of ether oxygens (including phenoxy) is 1. The summed E-state index contributed by atoms with van der Waals surface area (Å²) in [5.41, 5.74) is 0.0509. The van der Waals surface area contributed by atoms with Gasteiger partial charge in [0.2, 0.25) is 0 Å². The van der Waals surface area contributed by atoms with Crippen molar-refractivity contribution in [3.63, 3.8) is 0 Å². The average molecular weight is 466 g/mol. The summed E-state index contributed by atoms with van der Waals surface area (Å²) >= 11 is 0. The molecule has 1 heterocycles. The lowest BCUT2D eigenvalue weighted by molar-refractivity contribution is 0.0474. The predicted octanol–water partition coefficient (Wildman–Crippen LogP) is 2.01. The van der Waals surface area contributed by atoms with Crippen molar-refractivity contribution in [1.82, 2.24) is 25.7 Å². The molecule has 0 bridgehead atoms. The van der Waals surface area contributed by atoms with Gasteiger partial charge in [-0.25, -0.2) is 4.79 Å². The topological polar surface area (TPSA) is 92.6 Å². The van der Waals surface area contributed by atoms with E-state index in [1.165, 1.54) is 0 Å². The van der Waals surface area contributed by atoms with E-state index < -0.39 is 17.2 Å². The van der Waals surface area contributed by atoms with Gasteiger partial charge in [-0.05, 0) is 34.6 Å². The second-order valence-electron chi connectivity index (χ2n) is 7.31. The molecular weight excluding hydrogens is 435 g/mol. The lowest BCUT2D eigenvalue weighted by Crippen LogP contribution is -2.54. The van der Waals surface area contributed by atoms with E-state index in [9.17, 15) is 4.79 Å². The van der Waals surface area contributed by atoms with Crippen LogP contribution in [-0.4, -0.2) is 46.6 Å². The minimum absolute atomic E-state index is 0. The number of guanidine groups is 1. The van der Waals surface area contributed by atoms with Crippen LogP contribution in [0, 0.1) is 0 Å². The second-order valence-corrected chi connectivity index (χ2v) is 7.31. The standard InChI is InChI=1S/C16H30N6O2.HI/c1-15(2,3)24-14(23)21-16(4,5)11-19-13(17-6)18-8-12-9-20-22(7)10-12;/h9-10H,8,11H2,1-7H3,(H,21,23)(H2,17,18,19);1H. The first-order valence-corrected chi connectivity index (χ1v) is 7.94. The van der Waals surface area contributed by atoms with E-state index in [1.807, 2.05) is 47.9 Å². The zero-order valence-electron chi connectivity index (χ0n) is 16.1. The van der Waals surface area contributed by atoms with Gasteiger partial charge in [0.15, 0.2) is 5.96 Å². The van der Waals surface area contributed by atoms with Crippen molar-refractivity contribution in [3.05, 3.63) is 18.0 Å². The van der Waals surface area contributed by atoms with Crippen molar-refractivity contribution in [1.29, 1.82) is 0 Å². The van der Waals surface area contributed by atoms with Crippen LogP contribution in [-0.2, 0) is 18.3 Å². The van der Waals surface area contributed by atoms with Crippen LogP contribution < -0.4 is 16.0 Å². The van der Waals surface area contributed by atoms with Crippen molar-refractivity contribution in [2.45, 2.75) is 52.3 Å². The highest BCUT2D eigenvalue weighted by molar-refractivity contribution is 14.0. The second kappa shape index (κ2) is 9.83. The Morgan fingerprint density at radius 3 is 2.40 bits per heavy atom. The molecule has 0 fully saturated rings. The van der Waals surface area contributed by atoms with Crippen molar-refractivity contribution in [3.8, 4) is 0 Å². The molecule has 1 aromatic rings. The molecule has 0 atom stereocenters. The molecule has 1 amide bonds. The predicted molar refractivity (Wildman–Crippen MR) is 110 cm³/mol. The van der Waals surface area contributed by atoms with Crippen molar-refractivity contribution >= 4 is 36.0 Å². The zero-order chi connectivity index (χ0) is 18.4. The van der Waals surface area contributed by atoms with Gasteiger partial charge in [0.25, 0.3) is 0 Å². The maximum atomic E-state index is 11.9. The summed E-state index contributed by atoms with van der Waals surface area (Å²) in [6.07, 6.45) is 3.30. The van der Waals surface area contributed by atoms with Crippen LogP contribution in [0.1, 0.15) is 40.2 Å². The van der Waals surface area contributed by atoms with Crippen LogP contribution in [0.15, 0.2) is 17.4 Å². The lowest BCUT2D eigenvalue weighted by Gasteiger charge is -2.29. The van der Waals surface area contributed by atoms with E-state index in [-0.39, 0.29) is 24.0 Å². The molecule has 0 aliphatic carbocycles. The molecule has 8 nitrogen and oxygen atoms in total. The number of aryl methyl sites for hydroxylation is 1. The summed E-state index contributed by atoms with van der Waals surface area (Å²) in [6, 6.07) is 0. The van der Waals surface area contributed by atoms with E-state index in [4.69, 9.17) is 4.74 Å². The largest absolute Gasteiger partial charge is 0.444 e. The van der Waals surface area contributed by atoms with E-state index in [2.05, 4.69) is 26.0 Å². The molecule has 9 heteroatoms. The molecule has 0 aliphatic rings. The first kappa shape index (κ1) is 23.5. The van der Waals surface area contributed by atoms with Gasteiger partial charge in [-0.3, -0.25) is 9.67 Å². The maximum absolute atomic E-state index is 11.9. The Hall–Kier alpha value is -1.52. The van der Waals surface area contributed by atoms with Crippen LogP contribution >= 0.6 is 24.0 Å². The molecule has 0 spiro atoms. The Bertz CT molecular complexity index is 577. The summed E-state index contributed by atoms with van der Waals surface area (Å²) in [5.74, 6) is 0.651. The summed E-state index contributed by atoms with van der Waals surface area (Å²) in [6.45, 7) is 10.5. The number of hydrogen-bond donors (Lipinski definition) is 3. The van der Waals surface area contributed by atoms with Gasteiger partial charge >= 0.3 is 6.09 Å². The van der Waals surface area contributed by atoms with E-state index in [1.54, 1.807) is 17.9 Å². The van der Waals surface area contributed by atoms with Crippen molar-refractivity contribution < 1.29 is 9.53 Å².